The van der Waals surface area contributed by atoms with Crippen molar-refractivity contribution >= 4 is 35.0 Å². The Morgan fingerprint density at radius 3 is 2.29 bits per heavy atom. The fraction of sp³-hybridized carbons (Fsp3) is 0.150. The molecule has 0 aliphatic carbocycles. The minimum Gasteiger partial charge on any atom is -0.497 e. The summed E-state index contributed by atoms with van der Waals surface area (Å²) >= 11 is 0.854. The van der Waals surface area contributed by atoms with Gasteiger partial charge in [-0.2, -0.15) is 0 Å². The minimum atomic E-state index is -0.563. The summed E-state index contributed by atoms with van der Waals surface area (Å²) in [6, 6.07) is 11.4. The van der Waals surface area contributed by atoms with Crippen LogP contribution in [-0.4, -0.2) is 43.3 Å². The summed E-state index contributed by atoms with van der Waals surface area (Å²) in [6.45, 7) is 0. The standard InChI is InChI=1S/C20H17NO6S/c1-21-18(22)17(28-20(21)24)11-12-4-9-15(26-3)16(10-12)27-19(23)13-5-7-14(25-2)8-6-13/h4-11H,1-3H3/b17-11-. The van der Waals surface area contributed by atoms with Crippen LogP contribution in [0.2, 0.25) is 0 Å². The molecular formula is C20H17NO6S. The maximum atomic E-state index is 12.4. The highest BCUT2D eigenvalue weighted by Gasteiger charge is 2.31. The first-order chi connectivity index (χ1) is 13.4. The van der Waals surface area contributed by atoms with Gasteiger partial charge in [-0.25, -0.2) is 4.79 Å². The molecule has 0 atom stereocenters. The third-order valence-electron chi connectivity index (χ3n) is 4.00. The van der Waals surface area contributed by atoms with Gasteiger partial charge in [-0.15, -0.1) is 0 Å². The number of rotatable bonds is 5. The van der Waals surface area contributed by atoms with Gasteiger partial charge in [0.2, 0.25) is 0 Å². The number of amides is 2. The van der Waals surface area contributed by atoms with Crippen LogP contribution in [0, 0.1) is 0 Å². The molecule has 1 aliphatic heterocycles. The van der Waals surface area contributed by atoms with Crippen LogP contribution >= 0.6 is 11.8 Å². The van der Waals surface area contributed by atoms with Crippen molar-refractivity contribution in [3.8, 4) is 17.2 Å². The van der Waals surface area contributed by atoms with E-state index in [4.69, 9.17) is 14.2 Å². The highest BCUT2D eigenvalue weighted by Crippen LogP contribution is 2.34. The Hall–Kier alpha value is -3.26. The van der Waals surface area contributed by atoms with Crippen LogP contribution < -0.4 is 14.2 Å². The number of hydrogen-bond donors (Lipinski definition) is 0. The highest BCUT2D eigenvalue weighted by atomic mass is 32.2. The largest absolute Gasteiger partial charge is 0.497 e. The molecule has 0 spiro atoms. The van der Waals surface area contributed by atoms with E-state index < -0.39 is 5.97 Å². The van der Waals surface area contributed by atoms with Gasteiger partial charge < -0.3 is 14.2 Å². The predicted octanol–water partition coefficient (Wildman–Crippen LogP) is 3.59. The van der Waals surface area contributed by atoms with Crippen LogP contribution in [0.1, 0.15) is 15.9 Å². The number of likely N-dealkylation sites (N-methyl/N-ethyl adjacent to an activating group) is 1. The average Bonchev–Trinajstić information content (AvgIpc) is 2.95. The number of imide groups is 1. The van der Waals surface area contributed by atoms with E-state index in [1.54, 1.807) is 48.5 Å². The molecule has 2 amide bonds. The molecule has 28 heavy (non-hydrogen) atoms. The molecule has 2 aromatic rings. The Kier molecular flexibility index (Phi) is 5.70. The Morgan fingerprint density at radius 2 is 1.71 bits per heavy atom. The molecule has 0 radical (unpaired) electrons. The monoisotopic (exact) mass is 399 g/mol. The molecule has 144 valence electrons. The van der Waals surface area contributed by atoms with E-state index in [0.29, 0.717) is 27.5 Å². The molecule has 7 nitrogen and oxygen atoms in total. The molecule has 0 N–H and O–H groups in total. The van der Waals surface area contributed by atoms with Crippen molar-refractivity contribution in [2.24, 2.45) is 0 Å². The lowest BCUT2D eigenvalue weighted by atomic mass is 10.1. The van der Waals surface area contributed by atoms with Gasteiger partial charge in [-0.05, 0) is 59.8 Å². The van der Waals surface area contributed by atoms with E-state index in [0.717, 1.165) is 16.7 Å². The maximum absolute atomic E-state index is 12.4. The summed E-state index contributed by atoms with van der Waals surface area (Å²) in [5.74, 6) is 0.256. The van der Waals surface area contributed by atoms with Crippen LogP contribution in [0.15, 0.2) is 47.4 Å². The molecule has 1 saturated heterocycles. The topological polar surface area (TPSA) is 82.1 Å². The number of carbonyl (C=O) groups is 3. The SMILES string of the molecule is COc1ccc(C(=O)Oc2cc(/C=C3\SC(=O)N(C)C3=O)ccc2OC)cc1. The van der Waals surface area contributed by atoms with Crippen molar-refractivity contribution in [1.29, 1.82) is 0 Å². The van der Waals surface area contributed by atoms with Gasteiger partial charge in [0.1, 0.15) is 5.75 Å². The van der Waals surface area contributed by atoms with Gasteiger partial charge in [0.15, 0.2) is 11.5 Å². The minimum absolute atomic E-state index is 0.202. The second-order valence-electron chi connectivity index (χ2n) is 5.77. The Balaban J connectivity index is 1.86. The summed E-state index contributed by atoms with van der Waals surface area (Å²) < 4.78 is 15.8. The van der Waals surface area contributed by atoms with E-state index in [1.165, 1.54) is 21.3 Å². The van der Waals surface area contributed by atoms with E-state index in [1.807, 2.05) is 0 Å². The predicted molar refractivity (Wildman–Crippen MR) is 105 cm³/mol. The van der Waals surface area contributed by atoms with Gasteiger partial charge in [-0.3, -0.25) is 14.5 Å². The van der Waals surface area contributed by atoms with Crippen LogP contribution in [0.4, 0.5) is 4.79 Å². The molecule has 1 heterocycles. The normalized spacial score (nSPS) is 15.1. The van der Waals surface area contributed by atoms with Crippen molar-refractivity contribution in [1.82, 2.24) is 4.90 Å². The average molecular weight is 399 g/mol. The molecule has 0 bridgehead atoms. The first-order valence-electron chi connectivity index (χ1n) is 8.18. The van der Waals surface area contributed by atoms with Crippen molar-refractivity contribution in [2.45, 2.75) is 0 Å². The van der Waals surface area contributed by atoms with Crippen LogP contribution in [0.25, 0.3) is 6.08 Å². The molecule has 0 saturated carbocycles. The lowest BCUT2D eigenvalue weighted by Gasteiger charge is -2.10. The lowest BCUT2D eigenvalue weighted by molar-refractivity contribution is -0.121. The van der Waals surface area contributed by atoms with E-state index in [2.05, 4.69) is 0 Å². The summed E-state index contributed by atoms with van der Waals surface area (Å²) in [5.41, 5.74) is 0.942. The number of carbonyl (C=O) groups excluding carboxylic acids is 3. The fourth-order valence-corrected chi connectivity index (χ4v) is 3.27. The maximum Gasteiger partial charge on any atom is 0.343 e. The van der Waals surface area contributed by atoms with E-state index in [9.17, 15) is 14.4 Å². The number of nitrogens with zero attached hydrogens (tertiary/aromatic N) is 1. The number of thioether (sulfide) groups is 1. The highest BCUT2D eigenvalue weighted by molar-refractivity contribution is 8.18. The van der Waals surface area contributed by atoms with E-state index >= 15 is 0 Å². The van der Waals surface area contributed by atoms with Gasteiger partial charge in [0.25, 0.3) is 11.1 Å². The molecule has 3 rings (SSSR count). The first-order valence-corrected chi connectivity index (χ1v) is 9.00. The first kappa shape index (κ1) is 19.5. The van der Waals surface area contributed by atoms with Crippen molar-refractivity contribution < 1.29 is 28.6 Å². The molecule has 0 aromatic heterocycles. The zero-order valence-electron chi connectivity index (χ0n) is 15.4. The molecule has 0 unspecified atom stereocenters. The van der Waals surface area contributed by atoms with Crippen LogP contribution in [-0.2, 0) is 4.79 Å². The molecule has 8 heteroatoms. The van der Waals surface area contributed by atoms with Crippen molar-refractivity contribution in [3.05, 3.63) is 58.5 Å². The smallest absolute Gasteiger partial charge is 0.343 e. The number of methoxy groups -OCH3 is 2. The Bertz CT molecular complexity index is 967. The molecular weight excluding hydrogens is 382 g/mol. The fourth-order valence-electron chi connectivity index (χ4n) is 2.45. The Labute approximate surface area is 165 Å². The lowest BCUT2D eigenvalue weighted by Crippen LogP contribution is -2.22. The summed E-state index contributed by atoms with van der Waals surface area (Å²) in [4.78, 5) is 37.4. The van der Waals surface area contributed by atoms with Gasteiger partial charge in [0, 0.05) is 7.05 Å². The summed E-state index contributed by atoms with van der Waals surface area (Å²) in [5, 5.41) is -0.337. The summed E-state index contributed by atoms with van der Waals surface area (Å²) in [7, 11) is 4.42. The summed E-state index contributed by atoms with van der Waals surface area (Å²) in [6.07, 6.45) is 1.57. The number of ether oxygens (including phenoxy) is 3. The second kappa shape index (κ2) is 8.18. The van der Waals surface area contributed by atoms with Crippen molar-refractivity contribution in [3.63, 3.8) is 0 Å². The number of hydrogen-bond acceptors (Lipinski definition) is 7. The third kappa shape index (κ3) is 4.01. The van der Waals surface area contributed by atoms with Gasteiger partial charge >= 0.3 is 5.97 Å². The van der Waals surface area contributed by atoms with Crippen LogP contribution in [0.3, 0.4) is 0 Å². The number of benzene rings is 2. The van der Waals surface area contributed by atoms with Gasteiger partial charge in [-0.1, -0.05) is 6.07 Å². The van der Waals surface area contributed by atoms with E-state index in [-0.39, 0.29) is 16.9 Å². The van der Waals surface area contributed by atoms with Crippen molar-refractivity contribution in [2.75, 3.05) is 21.3 Å². The number of esters is 1. The second-order valence-corrected chi connectivity index (χ2v) is 6.76. The van der Waals surface area contributed by atoms with Crippen LogP contribution in [0.5, 0.6) is 17.2 Å². The quantitative estimate of drug-likeness (QED) is 0.432. The molecule has 1 fully saturated rings. The zero-order chi connectivity index (χ0) is 20.3. The van der Waals surface area contributed by atoms with Gasteiger partial charge in [0.05, 0.1) is 24.7 Å². The Morgan fingerprint density at radius 1 is 1.00 bits per heavy atom. The molecule has 2 aromatic carbocycles. The third-order valence-corrected chi connectivity index (χ3v) is 4.96. The zero-order valence-corrected chi connectivity index (χ0v) is 16.2. The molecule has 1 aliphatic rings.